The number of hydrogen-bond donors (Lipinski definition) is 0. The van der Waals surface area contributed by atoms with Gasteiger partial charge in [-0.2, -0.15) is 0 Å². The van der Waals surface area contributed by atoms with Gasteiger partial charge < -0.3 is 37.2 Å². The number of benzene rings is 3. The van der Waals surface area contributed by atoms with Gasteiger partial charge in [0.1, 0.15) is 0 Å². The Bertz CT molecular complexity index is 1560. The standard InChI is InChI=1S/C49H71Si.3ClH.Ti/c1-20-33-22-21-23-43(33)50(40-27-34(44(2,3)4)24-35(28-40)45(5,6)7,41-29-36(46(8,9)10)25-37(30-41)47(11,12)13)42-31-38(48(14,15)16)26-39(32-42)49(17,18)19;;;;/h21-32H,20H2,1-19H3;3*1H;/q;;;;+3/p-3. The van der Waals surface area contributed by atoms with Crippen LogP contribution in [0.2, 0.25) is 3.34 Å². The summed E-state index contributed by atoms with van der Waals surface area (Å²) in [6.45, 7) is 45.5. The molecule has 0 N–H and O–H groups in total. The van der Waals surface area contributed by atoms with E-state index in [1.54, 1.807) is 5.57 Å². The summed E-state index contributed by atoms with van der Waals surface area (Å²) in [7, 11) is -3.02. The second-order valence-corrected chi connectivity index (χ2v) is 27.9. The van der Waals surface area contributed by atoms with Crippen LogP contribution in [0.1, 0.15) is 171 Å². The molecule has 0 amide bonds. The van der Waals surface area contributed by atoms with Crippen LogP contribution in [0.15, 0.2) is 78.4 Å². The maximum atomic E-state index is 2.66. The van der Waals surface area contributed by atoms with E-state index in [1.165, 1.54) is 48.9 Å². The molecule has 5 heteroatoms. The zero-order chi connectivity index (χ0) is 39.0. The SMILES string of the molecule is CCC1=CC=C[C]1([Ti+3])[Si](c1cc(C(C)(C)C)cc(C(C)(C)C)c1)(c1cc(C(C)(C)C)cc(C(C)(C)C)c1)c1cc(C(C)(C)C)cc(C(C)(C)C)c1.[Cl-].[Cl-].[Cl-]. The summed E-state index contributed by atoms with van der Waals surface area (Å²) in [5.41, 5.74) is 10.1. The van der Waals surface area contributed by atoms with Gasteiger partial charge >= 0.3 is 330 Å². The van der Waals surface area contributed by atoms with E-state index < -0.39 is 8.07 Å². The van der Waals surface area contributed by atoms with Gasteiger partial charge in [-0.15, -0.1) is 0 Å². The zero-order valence-corrected chi connectivity index (χ0v) is 42.1. The quantitative estimate of drug-likeness (QED) is 0.274. The van der Waals surface area contributed by atoms with Crippen molar-refractivity contribution < 1.29 is 57.7 Å². The van der Waals surface area contributed by atoms with Crippen molar-refractivity contribution in [2.45, 2.75) is 174 Å². The average molecular weight is 842 g/mol. The van der Waals surface area contributed by atoms with Crippen LogP contribution in [-0.4, -0.2) is 8.07 Å². The van der Waals surface area contributed by atoms with Crippen molar-refractivity contribution in [1.29, 1.82) is 0 Å². The van der Waals surface area contributed by atoms with E-state index >= 15 is 0 Å². The normalized spacial score (nSPS) is 17.0. The van der Waals surface area contributed by atoms with Gasteiger partial charge in [-0.1, -0.05) is 0 Å². The van der Waals surface area contributed by atoms with Crippen LogP contribution in [0.5, 0.6) is 0 Å². The van der Waals surface area contributed by atoms with Crippen LogP contribution in [0.4, 0.5) is 0 Å². The monoisotopic (exact) mass is 840 g/mol. The van der Waals surface area contributed by atoms with Gasteiger partial charge in [-0.25, -0.2) is 0 Å². The van der Waals surface area contributed by atoms with Crippen molar-refractivity contribution in [1.82, 2.24) is 0 Å². The minimum atomic E-state index is -3.02. The molecule has 0 heterocycles. The first-order chi connectivity index (χ1) is 22.9. The molecular formula is C49H71Cl3SiTi. The fourth-order valence-electron chi connectivity index (χ4n) is 7.62. The molecule has 3 aromatic carbocycles. The third-order valence-corrected chi connectivity index (χ3v) is 19.1. The Morgan fingerprint density at radius 1 is 0.426 bits per heavy atom. The topological polar surface area (TPSA) is 0 Å². The van der Waals surface area contributed by atoms with E-state index in [0.29, 0.717) is 0 Å². The number of allylic oxidation sites excluding steroid dienone is 4. The third-order valence-electron chi connectivity index (χ3n) is 11.4. The summed E-state index contributed by atoms with van der Waals surface area (Å²) < 4.78 is -0.190. The molecule has 0 saturated heterocycles. The van der Waals surface area contributed by atoms with Crippen LogP contribution >= 0.6 is 0 Å². The maximum Gasteiger partial charge on any atom is -1.00 e. The second kappa shape index (κ2) is 16.7. The fraction of sp³-hybridized carbons (Fsp3) is 0.551. The molecule has 0 saturated carbocycles. The molecule has 1 aliphatic carbocycles. The van der Waals surface area contributed by atoms with Gasteiger partial charge in [0.2, 0.25) is 0 Å². The van der Waals surface area contributed by atoms with E-state index in [9.17, 15) is 0 Å². The Kier molecular flexibility index (Phi) is 15.7. The van der Waals surface area contributed by atoms with Crippen LogP contribution in [-0.2, 0) is 52.9 Å². The molecule has 0 spiro atoms. The molecule has 1 aliphatic rings. The van der Waals surface area contributed by atoms with Gasteiger partial charge in [-0.3, -0.25) is 0 Å². The van der Waals surface area contributed by atoms with Crippen LogP contribution < -0.4 is 52.8 Å². The molecule has 4 rings (SSSR count). The molecule has 0 aromatic heterocycles. The minimum absolute atomic E-state index is 0. The molecule has 1 unspecified atom stereocenters. The predicted octanol–water partition coefficient (Wildman–Crippen LogP) is 3.10. The van der Waals surface area contributed by atoms with Gasteiger partial charge in [0.05, 0.1) is 0 Å². The smallest absolute Gasteiger partial charge is 1.00 e. The summed E-state index contributed by atoms with van der Waals surface area (Å²) in [6.07, 6.45) is 8.48. The van der Waals surface area contributed by atoms with Crippen molar-refractivity contribution in [3.8, 4) is 0 Å². The van der Waals surface area contributed by atoms with Crippen molar-refractivity contribution >= 4 is 23.6 Å². The van der Waals surface area contributed by atoms with E-state index in [2.05, 4.69) is 225 Å². The maximum absolute atomic E-state index is 3.02. The van der Waals surface area contributed by atoms with Crippen LogP contribution in [0, 0.1) is 0 Å². The Morgan fingerprint density at radius 3 is 0.833 bits per heavy atom. The van der Waals surface area contributed by atoms with E-state index in [1.807, 2.05) is 0 Å². The van der Waals surface area contributed by atoms with Gasteiger partial charge in [0.15, 0.2) is 0 Å². The molecule has 0 aliphatic heterocycles. The van der Waals surface area contributed by atoms with Crippen molar-refractivity contribution in [3.63, 3.8) is 0 Å². The number of rotatable bonds is 5. The molecule has 296 valence electrons. The minimum Gasteiger partial charge on any atom is -1.00 e. The Morgan fingerprint density at radius 2 is 0.648 bits per heavy atom. The molecule has 0 bridgehead atoms. The Labute approximate surface area is 364 Å². The Hall–Kier alpha value is -1.06. The van der Waals surface area contributed by atoms with Crippen LogP contribution in [0.3, 0.4) is 0 Å². The zero-order valence-electron chi connectivity index (χ0n) is 37.3. The number of hydrogen-bond acceptors (Lipinski definition) is 0. The van der Waals surface area contributed by atoms with Crippen molar-refractivity contribution in [2.24, 2.45) is 0 Å². The summed E-state index contributed by atoms with van der Waals surface area (Å²) in [5.74, 6) is 0. The first-order valence-corrected chi connectivity index (χ1v) is 22.3. The third kappa shape index (κ3) is 9.96. The first kappa shape index (κ1) is 51.0. The van der Waals surface area contributed by atoms with Crippen molar-refractivity contribution in [3.05, 3.63) is 112 Å². The summed E-state index contributed by atoms with van der Waals surface area (Å²) in [4.78, 5) is 0. The molecule has 1 atom stereocenters. The van der Waals surface area contributed by atoms with E-state index in [-0.39, 0.29) is 73.1 Å². The van der Waals surface area contributed by atoms with Gasteiger partial charge in [0, 0.05) is 0 Å². The average Bonchev–Trinajstić information content (AvgIpc) is 3.35. The molecule has 0 radical (unpaired) electrons. The molecule has 54 heavy (non-hydrogen) atoms. The summed E-state index contributed by atoms with van der Waals surface area (Å²) >= 11 is 2.61. The van der Waals surface area contributed by atoms with Gasteiger partial charge in [0.25, 0.3) is 0 Å². The molecule has 0 nitrogen and oxygen atoms in total. The summed E-state index contributed by atoms with van der Waals surface area (Å²) in [6, 6.07) is 23.5. The molecule has 3 aromatic rings. The van der Waals surface area contributed by atoms with Crippen molar-refractivity contribution in [2.75, 3.05) is 0 Å². The number of halogens is 3. The largest absolute Gasteiger partial charge is 1.00 e. The molecular weight excluding hydrogens is 771 g/mol. The Balaban J connectivity index is 0.00000486. The van der Waals surface area contributed by atoms with E-state index in [0.717, 1.165) is 6.42 Å². The van der Waals surface area contributed by atoms with Gasteiger partial charge in [-0.05, 0) is 0 Å². The molecule has 0 fully saturated rings. The second-order valence-electron chi connectivity index (χ2n) is 21.9. The fourth-order valence-corrected chi connectivity index (χ4v) is 15.9. The van der Waals surface area contributed by atoms with Crippen LogP contribution in [0.25, 0.3) is 0 Å². The predicted molar refractivity (Wildman–Crippen MR) is 226 cm³/mol. The van der Waals surface area contributed by atoms with E-state index in [4.69, 9.17) is 0 Å². The summed E-state index contributed by atoms with van der Waals surface area (Å²) in [5, 5.41) is 4.60. The first-order valence-electron chi connectivity index (χ1n) is 19.5.